The zero-order valence-corrected chi connectivity index (χ0v) is 15.5. The number of carbonyl (C=O) groups is 1. The van der Waals surface area contributed by atoms with Crippen LogP contribution in [0.5, 0.6) is 5.75 Å². The number of aromatic nitrogens is 2. The number of aryl methyl sites for hydroxylation is 1. The van der Waals surface area contributed by atoms with Crippen molar-refractivity contribution in [3.8, 4) is 5.75 Å². The van der Waals surface area contributed by atoms with Crippen LogP contribution in [0.4, 0.5) is 5.82 Å². The highest BCUT2D eigenvalue weighted by molar-refractivity contribution is 6.35. The summed E-state index contributed by atoms with van der Waals surface area (Å²) in [6, 6.07) is 8.89. The lowest BCUT2D eigenvalue weighted by molar-refractivity contribution is -0.134. The molecule has 132 valence electrons. The zero-order valence-electron chi connectivity index (χ0n) is 13.9. The third-order valence-electron chi connectivity index (χ3n) is 4.16. The molecule has 0 radical (unpaired) electrons. The van der Waals surface area contributed by atoms with E-state index in [2.05, 4.69) is 15.1 Å². The summed E-state index contributed by atoms with van der Waals surface area (Å²) >= 11 is 11.9. The van der Waals surface area contributed by atoms with Crippen LogP contribution in [0.2, 0.25) is 10.0 Å². The number of ether oxygens (including phenoxy) is 1. The van der Waals surface area contributed by atoms with Crippen LogP contribution in [-0.2, 0) is 4.79 Å². The maximum absolute atomic E-state index is 12.3. The van der Waals surface area contributed by atoms with E-state index in [4.69, 9.17) is 27.9 Å². The Kier molecular flexibility index (Phi) is 5.30. The molecule has 1 saturated heterocycles. The van der Waals surface area contributed by atoms with Crippen LogP contribution in [0.3, 0.4) is 0 Å². The molecule has 3 rings (SSSR count). The van der Waals surface area contributed by atoms with E-state index in [1.807, 2.05) is 19.1 Å². The van der Waals surface area contributed by atoms with Gasteiger partial charge in [0.25, 0.3) is 5.91 Å². The highest BCUT2D eigenvalue weighted by Gasteiger charge is 2.33. The molecule has 8 heteroatoms. The Balaban J connectivity index is 1.49. The lowest BCUT2D eigenvalue weighted by atomic mass is 10.1. The van der Waals surface area contributed by atoms with Crippen LogP contribution < -0.4 is 9.64 Å². The number of carbonyl (C=O) groups excluding carboxylic acids is 1. The van der Waals surface area contributed by atoms with Crippen molar-refractivity contribution >= 4 is 34.9 Å². The fourth-order valence-electron chi connectivity index (χ4n) is 2.49. The summed E-state index contributed by atoms with van der Waals surface area (Å²) in [7, 11) is 1.78. The zero-order chi connectivity index (χ0) is 18.0. The molecular weight excluding hydrogens is 363 g/mol. The Morgan fingerprint density at radius 2 is 2.04 bits per heavy atom. The van der Waals surface area contributed by atoms with E-state index >= 15 is 0 Å². The standard InChI is InChI=1S/C17H18Cl2N4O2/c1-11-3-6-16(21-20-11)23-8-13(9-23)22(2)17(24)10-25-15-5-4-12(18)7-14(15)19/h3-7,13H,8-10H2,1-2H3. The summed E-state index contributed by atoms with van der Waals surface area (Å²) in [5.41, 5.74) is 0.881. The minimum Gasteiger partial charge on any atom is -0.482 e. The molecule has 0 spiro atoms. The molecule has 6 nitrogen and oxygen atoms in total. The van der Waals surface area contributed by atoms with Gasteiger partial charge in [-0.2, -0.15) is 5.10 Å². The van der Waals surface area contributed by atoms with Crippen LogP contribution >= 0.6 is 23.2 Å². The largest absolute Gasteiger partial charge is 0.482 e. The Bertz CT molecular complexity index is 764. The molecular formula is C17H18Cl2N4O2. The van der Waals surface area contributed by atoms with E-state index in [1.165, 1.54) is 0 Å². The summed E-state index contributed by atoms with van der Waals surface area (Å²) in [5, 5.41) is 9.11. The molecule has 1 fully saturated rings. The average molecular weight is 381 g/mol. The van der Waals surface area contributed by atoms with Gasteiger partial charge >= 0.3 is 0 Å². The fraction of sp³-hybridized carbons (Fsp3) is 0.353. The Labute approximate surface area is 156 Å². The second-order valence-corrected chi connectivity index (χ2v) is 6.80. The van der Waals surface area contributed by atoms with Crippen LogP contribution in [-0.4, -0.2) is 53.8 Å². The summed E-state index contributed by atoms with van der Waals surface area (Å²) in [6.07, 6.45) is 0. The molecule has 0 bridgehead atoms. The van der Waals surface area contributed by atoms with Gasteiger partial charge < -0.3 is 14.5 Å². The first kappa shape index (κ1) is 17.8. The predicted octanol–water partition coefficient (Wildman–Crippen LogP) is 2.82. The van der Waals surface area contributed by atoms with Crippen molar-refractivity contribution in [2.24, 2.45) is 0 Å². The average Bonchev–Trinajstić information content (AvgIpc) is 2.54. The van der Waals surface area contributed by atoms with Crippen LogP contribution in [0.25, 0.3) is 0 Å². The van der Waals surface area contributed by atoms with Gasteiger partial charge in [-0.3, -0.25) is 4.79 Å². The third kappa shape index (κ3) is 4.14. The first-order chi connectivity index (χ1) is 11.9. The van der Waals surface area contributed by atoms with E-state index in [0.29, 0.717) is 15.8 Å². The maximum atomic E-state index is 12.3. The number of halogens is 2. The van der Waals surface area contributed by atoms with Gasteiger partial charge in [0.2, 0.25) is 0 Å². The van der Waals surface area contributed by atoms with Crippen LogP contribution in [0.15, 0.2) is 30.3 Å². The summed E-state index contributed by atoms with van der Waals surface area (Å²) in [4.78, 5) is 16.1. The molecule has 2 aromatic rings. The van der Waals surface area contributed by atoms with Crippen molar-refractivity contribution in [2.75, 3.05) is 31.6 Å². The molecule has 0 saturated carbocycles. The third-order valence-corrected chi connectivity index (χ3v) is 4.69. The number of hydrogen-bond acceptors (Lipinski definition) is 5. The number of benzene rings is 1. The first-order valence-electron chi connectivity index (χ1n) is 7.83. The van der Waals surface area contributed by atoms with Crippen LogP contribution in [0.1, 0.15) is 5.69 Å². The Morgan fingerprint density at radius 1 is 1.28 bits per heavy atom. The first-order valence-corrected chi connectivity index (χ1v) is 8.58. The molecule has 1 aliphatic rings. The van der Waals surface area contributed by atoms with E-state index in [1.54, 1.807) is 30.1 Å². The molecule has 1 aromatic carbocycles. The maximum Gasteiger partial charge on any atom is 0.260 e. The highest BCUT2D eigenvalue weighted by atomic mass is 35.5. The number of likely N-dealkylation sites (N-methyl/N-ethyl adjacent to an activating group) is 1. The quantitative estimate of drug-likeness (QED) is 0.797. The number of nitrogens with zero attached hydrogens (tertiary/aromatic N) is 4. The van der Waals surface area contributed by atoms with Gasteiger partial charge in [-0.1, -0.05) is 23.2 Å². The molecule has 1 aliphatic heterocycles. The number of anilines is 1. The Morgan fingerprint density at radius 3 is 2.68 bits per heavy atom. The van der Waals surface area contributed by atoms with Crippen LogP contribution in [0, 0.1) is 6.92 Å². The van der Waals surface area contributed by atoms with Crippen molar-refractivity contribution < 1.29 is 9.53 Å². The molecule has 0 atom stereocenters. The molecule has 0 aliphatic carbocycles. The van der Waals surface area contributed by atoms with E-state index in [0.717, 1.165) is 24.6 Å². The van der Waals surface area contributed by atoms with E-state index in [-0.39, 0.29) is 18.6 Å². The van der Waals surface area contributed by atoms with E-state index < -0.39 is 0 Å². The second-order valence-electron chi connectivity index (χ2n) is 5.96. The number of rotatable bonds is 5. The molecule has 1 aromatic heterocycles. The molecule has 0 N–H and O–H groups in total. The fourth-order valence-corrected chi connectivity index (χ4v) is 2.95. The van der Waals surface area contributed by atoms with E-state index in [9.17, 15) is 4.79 Å². The van der Waals surface area contributed by atoms with Gasteiger partial charge in [0.15, 0.2) is 12.4 Å². The van der Waals surface area contributed by atoms with Gasteiger partial charge in [-0.25, -0.2) is 0 Å². The topological polar surface area (TPSA) is 58.6 Å². The van der Waals surface area contributed by atoms with Gasteiger partial charge in [0, 0.05) is 25.2 Å². The van der Waals surface area contributed by atoms with Crippen molar-refractivity contribution in [3.63, 3.8) is 0 Å². The normalized spacial score (nSPS) is 14.2. The second kappa shape index (κ2) is 7.45. The SMILES string of the molecule is Cc1ccc(N2CC(N(C)C(=O)COc3ccc(Cl)cc3Cl)C2)nn1. The van der Waals surface area contributed by atoms with Gasteiger partial charge in [0.1, 0.15) is 5.75 Å². The lowest BCUT2D eigenvalue weighted by Gasteiger charge is -2.44. The van der Waals surface area contributed by atoms with Gasteiger partial charge in [0.05, 0.1) is 16.8 Å². The molecule has 25 heavy (non-hydrogen) atoms. The lowest BCUT2D eigenvalue weighted by Crippen LogP contribution is -2.60. The Hall–Kier alpha value is -2.05. The van der Waals surface area contributed by atoms with Crippen molar-refractivity contribution in [1.82, 2.24) is 15.1 Å². The number of amides is 1. The van der Waals surface area contributed by atoms with Gasteiger partial charge in [-0.15, -0.1) is 5.10 Å². The number of hydrogen-bond donors (Lipinski definition) is 0. The predicted molar refractivity (Wildman–Crippen MR) is 97.5 cm³/mol. The molecule has 0 unspecified atom stereocenters. The van der Waals surface area contributed by atoms with Crippen molar-refractivity contribution in [2.45, 2.75) is 13.0 Å². The van der Waals surface area contributed by atoms with Crippen molar-refractivity contribution in [1.29, 1.82) is 0 Å². The summed E-state index contributed by atoms with van der Waals surface area (Å²) in [5.74, 6) is 1.16. The summed E-state index contributed by atoms with van der Waals surface area (Å²) in [6.45, 7) is 3.27. The minimum atomic E-state index is -0.106. The summed E-state index contributed by atoms with van der Waals surface area (Å²) < 4.78 is 5.50. The highest BCUT2D eigenvalue weighted by Crippen LogP contribution is 2.27. The molecule has 2 heterocycles. The monoisotopic (exact) mass is 380 g/mol. The smallest absolute Gasteiger partial charge is 0.260 e. The molecule has 1 amide bonds. The van der Waals surface area contributed by atoms with Crippen molar-refractivity contribution in [3.05, 3.63) is 46.1 Å². The van der Waals surface area contributed by atoms with Gasteiger partial charge in [-0.05, 0) is 37.3 Å². The minimum absolute atomic E-state index is 0.0707.